The van der Waals surface area contributed by atoms with E-state index in [0.717, 1.165) is 51.5 Å². The SMILES string of the molecule is O=c1/c(=C\c2ccccc2)sc2n1C(c1ccc(Cl)cc1)C1=C(N=2)/C(=C/c2ccc(Cl)cc2)CCC1. The van der Waals surface area contributed by atoms with Crippen LogP contribution < -0.4 is 14.9 Å². The molecule has 2 aliphatic rings. The van der Waals surface area contributed by atoms with E-state index in [1.54, 1.807) is 0 Å². The van der Waals surface area contributed by atoms with E-state index in [4.69, 9.17) is 28.2 Å². The van der Waals surface area contributed by atoms with Crippen LogP contribution in [0, 0.1) is 0 Å². The van der Waals surface area contributed by atoms with Crippen molar-refractivity contribution >= 4 is 46.7 Å². The van der Waals surface area contributed by atoms with E-state index in [1.165, 1.54) is 22.5 Å². The zero-order valence-electron chi connectivity index (χ0n) is 19.3. The van der Waals surface area contributed by atoms with Crippen molar-refractivity contribution in [1.82, 2.24) is 4.57 Å². The van der Waals surface area contributed by atoms with Gasteiger partial charge in [0.2, 0.25) is 0 Å². The number of nitrogens with zero attached hydrogens (tertiary/aromatic N) is 2. The number of aromatic nitrogens is 1. The second kappa shape index (κ2) is 9.70. The van der Waals surface area contributed by atoms with E-state index < -0.39 is 0 Å². The lowest BCUT2D eigenvalue weighted by atomic mass is 9.84. The van der Waals surface area contributed by atoms with E-state index in [1.807, 2.05) is 89.5 Å². The summed E-state index contributed by atoms with van der Waals surface area (Å²) in [5.41, 5.74) is 6.50. The largest absolute Gasteiger partial charge is 0.272 e. The van der Waals surface area contributed by atoms with Gasteiger partial charge < -0.3 is 0 Å². The summed E-state index contributed by atoms with van der Waals surface area (Å²) < 4.78 is 2.55. The van der Waals surface area contributed by atoms with Gasteiger partial charge in [0.1, 0.15) is 0 Å². The lowest BCUT2D eigenvalue weighted by Crippen LogP contribution is -2.39. The smallest absolute Gasteiger partial charge is 0.271 e. The van der Waals surface area contributed by atoms with Gasteiger partial charge in [-0.3, -0.25) is 9.36 Å². The van der Waals surface area contributed by atoms with E-state index in [0.29, 0.717) is 9.55 Å². The molecule has 3 nitrogen and oxygen atoms in total. The van der Waals surface area contributed by atoms with Crippen LogP contribution in [0.2, 0.25) is 10.0 Å². The molecule has 0 amide bonds. The van der Waals surface area contributed by atoms with Gasteiger partial charge in [-0.15, -0.1) is 0 Å². The zero-order valence-corrected chi connectivity index (χ0v) is 21.7. The highest BCUT2D eigenvalue weighted by molar-refractivity contribution is 7.07. The topological polar surface area (TPSA) is 34.4 Å². The third kappa shape index (κ3) is 4.41. The predicted molar refractivity (Wildman–Crippen MR) is 149 cm³/mol. The van der Waals surface area contributed by atoms with E-state index in [9.17, 15) is 4.79 Å². The Hall–Kier alpha value is -3.18. The Morgan fingerprint density at radius 3 is 2.22 bits per heavy atom. The first-order chi connectivity index (χ1) is 17.6. The molecule has 0 fully saturated rings. The van der Waals surface area contributed by atoms with Crippen LogP contribution >= 0.6 is 34.5 Å². The zero-order chi connectivity index (χ0) is 24.6. The minimum Gasteiger partial charge on any atom is -0.272 e. The molecular formula is C30H22Cl2N2OS. The maximum atomic E-state index is 13.8. The highest BCUT2D eigenvalue weighted by Crippen LogP contribution is 2.41. The molecule has 0 bridgehead atoms. The number of allylic oxidation sites excluding steroid dienone is 2. The quantitative estimate of drug-likeness (QED) is 0.288. The molecule has 36 heavy (non-hydrogen) atoms. The van der Waals surface area contributed by atoms with Gasteiger partial charge in [0.15, 0.2) is 4.80 Å². The standard InChI is InChI=1S/C30H22Cl2N2OS/c31-23-13-9-20(10-14-23)17-22-7-4-8-25-27(22)33-30-34(28(25)21-11-15-24(32)16-12-21)29(35)26(36-30)18-19-5-2-1-3-6-19/h1-3,5-6,9-18,28H,4,7-8H2/b22-17+,26-18+. The monoisotopic (exact) mass is 528 g/mol. The molecule has 2 heterocycles. The number of hydrogen-bond acceptors (Lipinski definition) is 3. The minimum absolute atomic E-state index is 0.0112. The molecule has 1 aliphatic heterocycles. The molecule has 0 saturated carbocycles. The molecule has 1 aliphatic carbocycles. The van der Waals surface area contributed by atoms with E-state index in [2.05, 4.69) is 6.08 Å². The Morgan fingerprint density at radius 1 is 0.833 bits per heavy atom. The summed E-state index contributed by atoms with van der Waals surface area (Å²) in [4.78, 5) is 19.6. The summed E-state index contributed by atoms with van der Waals surface area (Å²) in [5, 5.41) is 1.40. The molecule has 6 heteroatoms. The van der Waals surface area contributed by atoms with Gasteiger partial charge in [-0.1, -0.05) is 89.1 Å². The molecule has 1 unspecified atom stereocenters. The van der Waals surface area contributed by atoms with Gasteiger partial charge in [-0.2, -0.15) is 0 Å². The lowest BCUT2D eigenvalue weighted by molar-refractivity contribution is 0.553. The van der Waals surface area contributed by atoms with Crippen LogP contribution in [0.3, 0.4) is 0 Å². The molecule has 0 saturated heterocycles. The second-order valence-corrected chi connectivity index (χ2v) is 10.9. The Bertz CT molecular complexity index is 1680. The number of fused-ring (bicyclic) bond motifs is 1. The van der Waals surface area contributed by atoms with Gasteiger partial charge >= 0.3 is 0 Å². The third-order valence-corrected chi connectivity index (χ3v) is 8.11. The predicted octanol–water partition coefficient (Wildman–Crippen LogP) is 6.79. The van der Waals surface area contributed by atoms with Crippen LogP contribution in [0.5, 0.6) is 0 Å². The summed E-state index contributed by atoms with van der Waals surface area (Å²) in [7, 11) is 0. The second-order valence-electron chi connectivity index (χ2n) is 8.99. The van der Waals surface area contributed by atoms with Crippen molar-refractivity contribution in [1.29, 1.82) is 0 Å². The third-order valence-electron chi connectivity index (χ3n) is 6.63. The molecule has 4 aromatic rings. The Labute approximate surface area is 223 Å². The highest BCUT2D eigenvalue weighted by Gasteiger charge is 2.32. The summed E-state index contributed by atoms with van der Waals surface area (Å²) in [5.74, 6) is 0. The summed E-state index contributed by atoms with van der Waals surface area (Å²) in [6.45, 7) is 0. The first-order valence-electron chi connectivity index (χ1n) is 11.9. The summed E-state index contributed by atoms with van der Waals surface area (Å²) >= 11 is 13.8. The van der Waals surface area contributed by atoms with Crippen LogP contribution in [-0.2, 0) is 0 Å². The molecule has 178 valence electrons. The normalized spacial score (nSPS) is 18.7. The fourth-order valence-electron chi connectivity index (χ4n) is 4.96. The fraction of sp³-hybridized carbons (Fsp3) is 0.133. The number of benzene rings is 3. The highest BCUT2D eigenvalue weighted by atomic mass is 35.5. The van der Waals surface area contributed by atoms with Crippen molar-refractivity contribution in [3.8, 4) is 0 Å². The van der Waals surface area contributed by atoms with Crippen LogP contribution in [-0.4, -0.2) is 4.57 Å². The molecule has 1 atom stereocenters. The van der Waals surface area contributed by atoms with Crippen molar-refractivity contribution in [2.45, 2.75) is 25.3 Å². The Morgan fingerprint density at radius 2 is 1.50 bits per heavy atom. The van der Waals surface area contributed by atoms with Crippen LogP contribution in [0.4, 0.5) is 0 Å². The average Bonchev–Trinajstić information content (AvgIpc) is 3.20. The van der Waals surface area contributed by atoms with Gasteiger partial charge in [-0.05, 0) is 83.5 Å². The fourth-order valence-corrected chi connectivity index (χ4v) is 6.22. The molecule has 0 radical (unpaired) electrons. The molecular weight excluding hydrogens is 507 g/mol. The first-order valence-corrected chi connectivity index (χ1v) is 13.5. The van der Waals surface area contributed by atoms with Crippen LogP contribution in [0.25, 0.3) is 12.2 Å². The number of halogens is 2. The molecule has 0 spiro atoms. The molecule has 3 aromatic carbocycles. The van der Waals surface area contributed by atoms with Gasteiger partial charge in [0, 0.05) is 10.0 Å². The van der Waals surface area contributed by atoms with Crippen LogP contribution in [0.1, 0.15) is 42.0 Å². The number of rotatable bonds is 3. The summed E-state index contributed by atoms with van der Waals surface area (Å²) in [6, 6.07) is 25.4. The molecule has 1 aromatic heterocycles. The maximum Gasteiger partial charge on any atom is 0.271 e. The van der Waals surface area contributed by atoms with Crippen molar-refractivity contribution in [2.24, 2.45) is 4.99 Å². The number of hydrogen-bond donors (Lipinski definition) is 0. The molecule has 0 N–H and O–H groups in total. The summed E-state index contributed by atoms with van der Waals surface area (Å²) in [6.07, 6.45) is 7.00. The van der Waals surface area contributed by atoms with Gasteiger partial charge in [0.05, 0.1) is 16.3 Å². The first kappa shape index (κ1) is 23.2. The van der Waals surface area contributed by atoms with Crippen LogP contribution in [0.15, 0.2) is 105 Å². The minimum atomic E-state index is -0.208. The van der Waals surface area contributed by atoms with Gasteiger partial charge in [0.25, 0.3) is 5.56 Å². The Balaban J connectivity index is 1.58. The average molecular weight is 529 g/mol. The van der Waals surface area contributed by atoms with Gasteiger partial charge in [-0.25, -0.2) is 4.99 Å². The number of thiazole rings is 1. The van der Waals surface area contributed by atoms with Crippen molar-refractivity contribution in [2.75, 3.05) is 0 Å². The van der Waals surface area contributed by atoms with E-state index >= 15 is 0 Å². The maximum absolute atomic E-state index is 13.8. The van der Waals surface area contributed by atoms with Crippen molar-refractivity contribution in [3.05, 3.63) is 142 Å². The van der Waals surface area contributed by atoms with Crippen molar-refractivity contribution in [3.63, 3.8) is 0 Å². The Kier molecular flexibility index (Phi) is 6.26. The lowest BCUT2D eigenvalue weighted by Gasteiger charge is -2.31. The molecule has 6 rings (SSSR count). The van der Waals surface area contributed by atoms with Crippen molar-refractivity contribution < 1.29 is 0 Å². The van der Waals surface area contributed by atoms with E-state index in [-0.39, 0.29) is 11.6 Å².